The minimum Gasteiger partial charge on any atom is -0.321 e. The van der Waals surface area contributed by atoms with Gasteiger partial charge in [0.05, 0.1) is 28.9 Å². The number of hydrogen-bond donors (Lipinski definition) is 1. The van der Waals surface area contributed by atoms with E-state index in [0.29, 0.717) is 11.2 Å². The van der Waals surface area contributed by atoms with E-state index < -0.39 is 0 Å². The van der Waals surface area contributed by atoms with E-state index in [1.165, 1.54) is 6.20 Å². The molecule has 1 N–H and O–H groups in total. The van der Waals surface area contributed by atoms with Gasteiger partial charge in [0.25, 0.3) is 5.91 Å². The Morgan fingerprint density at radius 2 is 1.96 bits per heavy atom. The van der Waals surface area contributed by atoms with Crippen LogP contribution >= 0.6 is 0 Å². The molecule has 2 heterocycles. The third-order valence-corrected chi connectivity index (χ3v) is 3.88. The van der Waals surface area contributed by atoms with Crippen molar-refractivity contribution in [1.82, 2.24) is 19.7 Å². The number of rotatable bonds is 3. The van der Waals surface area contributed by atoms with Crippen molar-refractivity contribution in [3.63, 3.8) is 0 Å². The van der Waals surface area contributed by atoms with Crippen LogP contribution < -0.4 is 5.32 Å². The van der Waals surface area contributed by atoms with Crippen molar-refractivity contribution in [3.8, 4) is 0 Å². The normalized spacial score (nSPS) is 11.0. The van der Waals surface area contributed by atoms with E-state index in [0.717, 1.165) is 23.0 Å². The maximum atomic E-state index is 12.5. The van der Waals surface area contributed by atoms with Crippen molar-refractivity contribution in [1.29, 1.82) is 0 Å². The molecule has 24 heavy (non-hydrogen) atoms. The first-order chi connectivity index (χ1) is 11.7. The zero-order valence-electron chi connectivity index (χ0n) is 13.1. The van der Waals surface area contributed by atoms with Gasteiger partial charge in [-0.3, -0.25) is 14.5 Å². The Balaban J connectivity index is 1.64. The number of aromatic nitrogens is 4. The summed E-state index contributed by atoms with van der Waals surface area (Å²) >= 11 is 0. The molecule has 0 radical (unpaired) electrons. The largest absolute Gasteiger partial charge is 0.321 e. The molecule has 6 heteroatoms. The highest BCUT2D eigenvalue weighted by Crippen LogP contribution is 2.19. The second-order valence-electron chi connectivity index (χ2n) is 5.43. The predicted molar refractivity (Wildman–Crippen MR) is 92.9 cm³/mol. The van der Waals surface area contributed by atoms with Crippen LogP contribution in [0.3, 0.4) is 0 Å². The molecule has 0 saturated carbocycles. The second kappa shape index (κ2) is 5.73. The number of carbonyl (C=O) groups is 1. The number of anilines is 1. The van der Waals surface area contributed by atoms with E-state index in [2.05, 4.69) is 20.4 Å². The Hall–Kier alpha value is -3.28. The van der Waals surface area contributed by atoms with Crippen LogP contribution in [0.4, 0.5) is 5.69 Å². The molecule has 0 spiro atoms. The lowest BCUT2D eigenvalue weighted by Crippen LogP contribution is -2.14. The first-order valence-electron chi connectivity index (χ1n) is 7.73. The Kier molecular flexibility index (Phi) is 3.42. The van der Waals surface area contributed by atoms with Crippen LogP contribution in [0.2, 0.25) is 0 Å². The van der Waals surface area contributed by atoms with Gasteiger partial charge in [-0.2, -0.15) is 5.10 Å². The molecular weight excluding hydrogens is 302 g/mol. The first kappa shape index (κ1) is 14.3. The van der Waals surface area contributed by atoms with Gasteiger partial charge < -0.3 is 5.32 Å². The number of nitrogens with zero attached hydrogens (tertiary/aromatic N) is 4. The summed E-state index contributed by atoms with van der Waals surface area (Å²) in [5.41, 5.74) is 3.45. The molecule has 0 fully saturated rings. The molecule has 0 aliphatic carbocycles. The number of aryl methyl sites for hydroxylation is 1. The molecule has 0 aliphatic heterocycles. The van der Waals surface area contributed by atoms with Crippen molar-refractivity contribution in [2.24, 2.45) is 0 Å². The topological polar surface area (TPSA) is 72.7 Å². The molecule has 0 atom stereocenters. The summed E-state index contributed by atoms with van der Waals surface area (Å²) in [6.07, 6.45) is 3.31. The molecule has 2 aromatic carbocycles. The minimum absolute atomic E-state index is 0.282. The molecule has 4 aromatic rings. The summed E-state index contributed by atoms with van der Waals surface area (Å²) in [4.78, 5) is 21.1. The Labute approximate surface area is 138 Å². The molecule has 118 valence electrons. The third kappa shape index (κ3) is 2.48. The van der Waals surface area contributed by atoms with Crippen molar-refractivity contribution in [3.05, 3.63) is 60.6 Å². The standard InChI is InChI=1S/C18H15N5O/c1-2-23-17-9-13(8-7-12(17)10-20-23)21-18(24)16-11-19-14-5-3-4-6-15(14)22-16/h3-11H,2H2,1H3,(H,21,24). The number of fused-ring (bicyclic) bond motifs is 2. The van der Waals surface area contributed by atoms with E-state index in [4.69, 9.17) is 0 Å². The van der Waals surface area contributed by atoms with E-state index in [1.807, 2.05) is 60.3 Å². The van der Waals surface area contributed by atoms with E-state index in [9.17, 15) is 4.79 Å². The lowest BCUT2D eigenvalue weighted by atomic mass is 10.2. The number of amides is 1. The van der Waals surface area contributed by atoms with Gasteiger partial charge in [0, 0.05) is 17.6 Å². The van der Waals surface area contributed by atoms with E-state index in [1.54, 1.807) is 0 Å². The minimum atomic E-state index is -0.282. The average molecular weight is 317 g/mol. The number of carbonyl (C=O) groups excluding carboxylic acids is 1. The lowest BCUT2D eigenvalue weighted by molar-refractivity contribution is 0.102. The van der Waals surface area contributed by atoms with Gasteiger partial charge in [-0.1, -0.05) is 12.1 Å². The van der Waals surface area contributed by atoms with Crippen LogP contribution in [0, 0.1) is 0 Å². The number of nitrogens with one attached hydrogen (secondary N) is 1. The maximum absolute atomic E-state index is 12.5. The van der Waals surface area contributed by atoms with Crippen molar-refractivity contribution >= 4 is 33.5 Å². The molecule has 0 bridgehead atoms. The van der Waals surface area contributed by atoms with Gasteiger partial charge in [-0.05, 0) is 37.3 Å². The maximum Gasteiger partial charge on any atom is 0.275 e. The van der Waals surface area contributed by atoms with Crippen molar-refractivity contribution in [2.75, 3.05) is 5.32 Å². The van der Waals surface area contributed by atoms with Crippen molar-refractivity contribution in [2.45, 2.75) is 13.5 Å². The predicted octanol–water partition coefficient (Wildman–Crippen LogP) is 3.25. The highest BCUT2D eigenvalue weighted by molar-refractivity contribution is 6.04. The van der Waals surface area contributed by atoms with Gasteiger partial charge >= 0.3 is 0 Å². The van der Waals surface area contributed by atoms with Crippen LogP contribution in [-0.4, -0.2) is 25.7 Å². The summed E-state index contributed by atoms with van der Waals surface area (Å²) in [5, 5.41) is 8.22. The molecule has 6 nitrogen and oxygen atoms in total. The zero-order chi connectivity index (χ0) is 16.5. The summed E-state index contributed by atoms with van der Waals surface area (Å²) in [6, 6.07) is 13.2. The van der Waals surface area contributed by atoms with Gasteiger partial charge in [-0.15, -0.1) is 0 Å². The second-order valence-corrected chi connectivity index (χ2v) is 5.43. The molecule has 0 aliphatic rings. The highest BCUT2D eigenvalue weighted by atomic mass is 16.1. The van der Waals surface area contributed by atoms with Gasteiger partial charge in [0.15, 0.2) is 0 Å². The van der Waals surface area contributed by atoms with Gasteiger partial charge in [0.1, 0.15) is 5.69 Å². The molecule has 4 rings (SSSR count). The summed E-state index contributed by atoms with van der Waals surface area (Å²) in [5.74, 6) is -0.282. The Bertz CT molecular complexity index is 1050. The van der Waals surface area contributed by atoms with E-state index >= 15 is 0 Å². The van der Waals surface area contributed by atoms with Crippen LogP contribution in [0.25, 0.3) is 21.9 Å². The van der Waals surface area contributed by atoms with Crippen LogP contribution in [0.15, 0.2) is 54.9 Å². The van der Waals surface area contributed by atoms with Crippen molar-refractivity contribution < 1.29 is 4.79 Å². The van der Waals surface area contributed by atoms with Crippen LogP contribution in [0.5, 0.6) is 0 Å². The molecule has 2 aromatic heterocycles. The monoisotopic (exact) mass is 317 g/mol. The molecule has 0 unspecified atom stereocenters. The Morgan fingerprint density at radius 1 is 1.12 bits per heavy atom. The fourth-order valence-corrected chi connectivity index (χ4v) is 2.66. The van der Waals surface area contributed by atoms with Gasteiger partial charge in [0.2, 0.25) is 0 Å². The third-order valence-electron chi connectivity index (χ3n) is 3.88. The summed E-state index contributed by atoms with van der Waals surface area (Å²) in [6.45, 7) is 2.80. The summed E-state index contributed by atoms with van der Waals surface area (Å²) < 4.78 is 1.89. The average Bonchev–Trinajstić information content (AvgIpc) is 3.03. The van der Waals surface area contributed by atoms with Crippen LogP contribution in [-0.2, 0) is 6.54 Å². The smallest absolute Gasteiger partial charge is 0.275 e. The van der Waals surface area contributed by atoms with Crippen LogP contribution in [0.1, 0.15) is 17.4 Å². The highest BCUT2D eigenvalue weighted by Gasteiger charge is 2.10. The summed E-state index contributed by atoms with van der Waals surface area (Å²) in [7, 11) is 0. The molecule has 1 amide bonds. The zero-order valence-corrected chi connectivity index (χ0v) is 13.1. The number of benzene rings is 2. The fourth-order valence-electron chi connectivity index (χ4n) is 2.66. The fraction of sp³-hybridized carbons (Fsp3) is 0.111. The van der Waals surface area contributed by atoms with E-state index in [-0.39, 0.29) is 11.6 Å². The molecule has 0 saturated heterocycles. The quantitative estimate of drug-likeness (QED) is 0.629. The molecular formula is C18H15N5O. The number of para-hydroxylation sites is 2. The number of hydrogen-bond acceptors (Lipinski definition) is 4. The van der Waals surface area contributed by atoms with Gasteiger partial charge in [-0.25, -0.2) is 4.98 Å². The lowest BCUT2D eigenvalue weighted by Gasteiger charge is -2.06. The SMILES string of the molecule is CCn1ncc2ccc(NC(=O)c3cnc4ccccc4n3)cc21. The first-order valence-corrected chi connectivity index (χ1v) is 7.73. The Morgan fingerprint density at radius 3 is 2.79 bits per heavy atom.